The first-order valence-corrected chi connectivity index (χ1v) is 7.40. The second-order valence-corrected chi connectivity index (χ2v) is 5.56. The maximum Gasteiger partial charge on any atom is 0.0874 e. The van der Waals surface area contributed by atoms with Crippen molar-refractivity contribution in [2.45, 2.75) is 25.7 Å². The molecule has 1 N–H and O–H groups in total. The normalized spacial score (nSPS) is 13.2. The van der Waals surface area contributed by atoms with Crippen molar-refractivity contribution >= 4 is 21.6 Å². The summed E-state index contributed by atoms with van der Waals surface area (Å²) in [5.74, 6) is 0.326. The zero-order valence-electron chi connectivity index (χ0n) is 11.3. The summed E-state index contributed by atoms with van der Waals surface area (Å²) in [5.41, 5.74) is 2.85. The quantitative estimate of drug-likeness (QED) is 0.493. The summed E-state index contributed by atoms with van der Waals surface area (Å²) in [7, 11) is 0. The van der Waals surface area contributed by atoms with Crippen LogP contribution in [0.1, 0.15) is 36.8 Å². The molecule has 0 amide bonds. The highest BCUT2D eigenvalue weighted by Gasteiger charge is 2.15. The van der Waals surface area contributed by atoms with Gasteiger partial charge in [0, 0.05) is 28.9 Å². The molecule has 0 aliphatic rings. The lowest BCUT2D eigenvalue weighted by Gasteiger charge is -2.16. The summed E-state index contributed by atoms with van der Waals surface area (Å²) in [6, 6.07) is 12.0. The summed E-state index contributed by atoms with van der Waals surface area (Å²) >= 11 is 3.50. The Morgan fingerprint density at radius 2 is 2.05 bits per heavy atom. The molecule has 2 aromatic rings. The smallest absolute Gasteiger partial charge is 0.0874 e. The second-order valence-electron chi connectivity index (χ2n) is 4.65. The van der Waals surface area contributed by atoms with Crippen molar-refractivity contribution in [1.29, 1.82) is 0 Å². The van der Waals surface area contributed by atoms with Crippen LogP contribution in [0.2, 0.25) is 0 Å². The molecule has 2 rings (SSSR count). The van der Waals surface area contributed by atoms with E-state index < -0.39 is 0 Å². The Bertz CT molecular complexity index is 584. The van der Waals surface area contributed by atoms with Crippen LogP contribution < -0.4 is 0 Å². The highest BCUT2D eigenvalue weighted by atomic mass is 79.9. The SMILES string of the molecule is CCC(CC(=NO)c1ccncc1)c1cccc(Br)c1. The van der Waals surface area contributed by atoms with Crippen LogP contribution in [0.3, 0.4) is 0 Å². The molecule has 0 aliphatic heterocycles. The zero-order valence-corrected chi connectivity index (χ0v) is 12.9. The number of oxime groups is 1. The molecular formula is C16H17BrN2O. The molecule has 0 saturated heterocycles. The molecule has 1 heterocycles. The van der Waals surface area contributed by atoms with Gasteiger partial charge in [0.1, 0.15) is 0 Å². The van der Waals surface area contributed by atoms with Gasteiger partial charge in [-0.1, -0.05) is 40.1 Å². The van der Waals surface area contributed by atoms with Gasteiger partial charge in [0.2, 0.25) is 0 Å². The lowest BCUT2D eigenvalue weighted by atomic mass is 9.89. The molecular weight excluding hydrogens is 316 g/mol. The van der Waals surface area contributed by atoms with Gasteiger partial charge in [-0.2, -0.15) is 0 Å². The first kappa shape index (κ1) is 14.7. The van der Waals surface area contributed by atoms with Crippen LogP contribution in [0.4, 0.5) is 0 Å². The predicted octanol–water partition coefficient (Wildman–Crippen LogP) is 4.61. The summed E-state index contributed by atoms with van der Waals surface area (Å²) in [6.45, 7) is 2.15. The van der Waals surface area contributed by atoms with E-state index in [0.717, 1.165) is 16.5 Å². The zero-order chi connectivity index (χ0) is 14.4. The van der Waals surface area contributed by atoms with Gasteiger partial charge in [0.05, 0.1) is 5.71 Å². The molecule has 0 radical (unpaired) electrons. The Morgan fingerprint density at radius 3 is 2.65 bits per heavy atom. The Kier molecular flexibility index (Phi) is 5.30. The standard InChI is InChI=1S/C16H17BrN2O/c1-2-12(14-4-3-5-15(17)10-14)11-16(19-20)13-6-8-18-9-7-13/h3-10,12,20H,2,11H2,1H3. The summed E-state index contributed by atoms with van der Waals surface area (Å²) in [6.07, 6.45) is 5.11. The van der Waals surface area contributed by atoms with Crippen LogP contribution in [0, 0.1) is 0 Å². The summed E-state index contributed by atoms with van der Waals surface area (Å²) in [5, 5.41) is 12.8. The van der Waals surface area contributed by atoms with E-state index in [9.17, 15) is 5.21 Å². The van der Waals surface area contributed by atoms with E-state index in [4.69, 9.17) is 0 Å². The van der Waals surface area contributed by atoms with Crippen molar-refractivity contribution in [3.05, 3.63) is 64.4 Å². The van der Waals surface area contributed by atoms with E-state index in [-0.39, 0.29) is 0 Å². The average molecular weight is 333 g/mol. The minimum Gasteiger partial charge on any atom is -0.411 e. The van der Waals surface area contributed by atoms with Gasteiger partial charge in [-0.15, -0.1) is 0 Å². The van der Waals surface area contributed by atoms with Gasteiger partial charge in [-0.05, 0) is 42.2 Å². The average Bonchev–Trinajstić information content (AvgIpc) is 2.49. The second kappa shape index (κ2) is 7.20. The lowest BCUT2D eigenvalue weighted by Crippen LogP contribution is -2.08. The van der Waals surface area contributed by atoms with Crippen molar-refractivity contribution in [3.8, 4) is 0 Å². The predicted molar refractivity (Wildman–Crippen MR) is 84.4 cm³/mol. The van der Waals surface area contributed by atoms with Crippen LogP contribution >= 0.6 is 15.9 Å². The number of hydrogen-bond acceptors (Lipinski definition) is 3. The van der Waals surface area contributed by atoms with Crippen LogP contribution in [0.25, 0.3) is 0 Å². The molecule has 0 aliphatic carbocycles. The fraction of sp³-hybridized carbons (Fsp3) is 0.250. The number of halogens is 1. The lowest BCUT2D eigenvalue weighted by molar-refractivity contribution is 0.317. The molecule has 4 heteroatoms. The molecule has 1 atom stereocenters. The third kappa shape index (κ3) is 3.67. The first-order valence-electron chi connectivity index (χ1n) is 6.61. The fourth-order valence-corrected chi connectivity index (χ4v) is 2.67. The molecule has 0 saturated carbocycles. The molecule has 20 heavy (non-hydrogen) atoms. The Labute approximate surface area is 127 Å². The number of rotatable bonds is 5. The van der Waals surface area contributed by atoms with E-state index in [1.807, 2.05) is 24.3 Å². The number of benzene rings is 1. The molecule has 1 aromatic carbocycles. The van der Waals surface area contributed by atoms with Crippen LogP contribution in [-0.2, 0) is 0 Å². The van der Waals surface area contributed by atoms with Crippen molar-refractivity contribution < 1.29 is 5.21 Å². The maximum absolute atomic E-state index is 9.28. The minimum atomic E-state index is 0.326. The van der Waals surface area contributed by atoms with Gasteiger partial charge in [-0.25, -0.2) is 0 Å². The molecule has 0 bridgehead atoms. The van der Waals surface area contributed by atoms with E-state index in [2.05, 4.69) is 45.1 Å². The number of pyridine rings is 1. The maximum atomic E-state index is 9.28. The fourth-order valence-electron chi connectivity index (χ4n) is 2.25. The van der Waals surface area contributed by atoms with Crippen LogP contribution in [-0.4, -0.2) is 15.9 Å². The third-order valence-electron chi connectivity index (χ3n) is 3.39. The minimum absolute atomic E-state index is 0.326. The van der Waals surface area contributed by atoms with Crippen molar-refractivity contribution in [3.63, 3.8) is 0 Å². The van der Waals surface area contributed by atoms with Crippen molar-refractivity contribution in [2.24, 2.45) is 5.16 Å². The van der Waals surface area contributed by atoms with Crippen molar-refractivity contribution in [2.75, 3.05) is 0 Å². The van der Waals surface area contributed by atoms with Gasteiger partial charge < -0.3 is 5.21 Å². The molecule has 3 nitrogen and oxygen atoms in total. The largest absolute Gasteiger partial charge is 0.411 e. The van der Waals surface area contributed by atoms with Gasteiger partial charge in [-0.3, -0.25) is 4.98 Å². The number of aromatic nitrogens is 1. The molecule has 1 aromatic heterocycles. The van der Waals surface area contributed by atoms with Gasteiger partial charge in [0.15, 0.2) is 0 Å². The van der Waals surface area contributed by atoms with Crippen molar-refractivity contribution in [1.82, 2.24) is 4.98 Å². The summed E-state index contributed by atoms with van der Waals surface area (Å²) < 4.78 is 1.07. The Hall–Kier alpha value is -1.68. The van der Waals surface area contributed by atoms with E-state index >= 15 is 0 Å². The molecule has 0 fully saturated rings. The van der Waals surface area contributed by atoms with Crippen LogP contribution in [0.15, 0.2) is 58.4 Å². The Morgan fingerprint density at radius 1 is 1.30 bits per heavy atom. The molecule has 0 spiro atoms. The van der Waals surface area contributed by atoms with Gasteiger partial charge in [0.25, 0.3) is 0 Å². The van der Waals surface area contributed by atoms with Crippen LogP contribution in [0.5, 0.6) is 0 Å². The third-order valence-corrected chi connectivity index (χ3v) is 3.88. The number of hydrogen-bond donors (Lipinski definition) is 1. The molecule has 1 unspecified atom stereocenters. The monoisotopic (exact) mass is 332 g/mol. The topological polar surface area (TPSA) is 45.5 Å². The van der Waals surface area contributed by atoms with E-state index in [0.29, 0.717) is 18.1 Å². The summed E-state index contributed by atoms with van der Waals surface area (Å²) in [4.78, 5) is 3.99. The highest BCUT2D eigenvalue weighted by molar-refractivity contribution is 9.10. The Balaban J connectivity index is 2.21. The van der Waals surface area contributed by atoms with E-state index in [1.165, 1.54) is 5.56 Å². The highest BCUT2D eigenvalue weighted by Crippen LogP contribution is 2.27. The number of nitrogens with zero attached hydrogens (tertiary/aromatic N) is 2. The molecule has 104 valence electrons. The van der Waals surface area contributed by atoms with Gasteiger partial charge >= 0.3 is 0 Å². The first-order chi connectivity index (χ1) is 9.74. The van der Waals surface area contributed by atoms with E-state index in [1.54, 1.807) is 12.4 Å².